The molecular weight excluding hydrogens is 194 g/mol. The van der Waals surface area contributed by atoms with E-state index in [-0.39, 0.29) is 24.6 Å². The Balaban J connectivity index is 0.000001000. The molecule has 0 aliphatic heterocycles. The molecule has 0 saturated heterocycles. The maximum Gasteiger partial charge on any atom is 0.281 e. The summed E-state index contributed by atoms with van der Waals surface area (Å²) in [5.74, 6) is 0. The van der Waals surface area contributed by atoms with Gasteiger partial charge >= 0.3 is 0 Å². The van der Waals surface area contributed by atoms with Gasteiger partial charge in [0.05, 0.1) is 0 Å². The fraction of sp³-hybridized carbons (Fsp3) is 0.400. The summed E-state index contributed by atoms with van der Waals surface area (Å²) < 4.78 is 27.4. The molecule has 2 N–H and O–H groups in total. The van der Waals surface area contributed by atoms with Gasteiger partial charge in [0.1, 0.15) is 5.69 Å². The van der Waals surface area contributed by atoms with Crippen LogP contribution in [0.2, 0.25) is 0 Å². The van der Waals surface area contributed by atoms with Gasteiger partial charge in [-0.15, -0.1) is 12.4 Å². The lowest BCUT2D eigenvalue weighted by atomic mass is 10.2. The first-order chi connectivity index (χ1) is 4.75. The van der Waals surface area contributed by atoms with Crippen LogP contribution in [0.4, 0.5) is 8.78 Å². The highest BCUT2D eigenvalue weighted by molar-refractivity contribution is 7.03. The maximum atomic E-state index is 11.9. The summed E-state index contributed by atoms with van der Waals surface area (Å²) in [7, 11) is 0. The number of rotatable bonds is 2. The molecule has 0 aromatic carbocycles. The molecule has 0 radical (unpaired) electrons. The molecule has 1 aromatic rings. The van der Waals surface area contributed by atoms with Crippen molar-refractivity contribution in [2.75, 3.05) is 0 Å². The third-order valence-electron chi connectivity index (χ3n) is 1.10. The van der Waals surface area contributed by atoms with E-state index in [1.54, 1.807) is 5.38 Å². The first kappa shape index (κ1) is 10.7. The lowest BCUT2D eigenvalue weighted by molar-refractivity contribution is 0.146. The first-order valence-corrected chi connectivity index (χ1v) is 3.50. The number of hydrogen-bond donors (Lipinski definition) is 1. The zero-order chi connectivity index (χ0) is 7.56. The molecule has 0 aliphatic rings. The smallest absolute Gasteiger partial charge is 0.281 e. The molecule has 0 amide bonds. The SMILES string of the molecule is Cl.NCc1csnc1C(F)F. The minimum atomic E-state index is -2.50. The van der Waals surface area contributed by atoms with Crippen LogP contribution >= 0.6 is 23.9 Å². The number of hydrogen-bond acceptors (Lipinski definition) is 3. The van der Waals surface area contributed by atoms with Gasteiger partial charge in [-0.25, -0.2) is 8.78 Å². The Kier molecular flexibility index (Phi) is 4.48. The molecule has 0 atom stereocenters. The molecule has 6 heteroatoms. The van der Waals surface area contributed by atoms with Gasteiger partial charge in [0.15, 0.2) is 0 Å². The van der Waals surface area contributed by atoms with E-state index < -0.39 is 6.43 Å². The van der Waals surface area contributed by atoms with Crippen molar-refractivity contribution in [1.82, 2.24) is 4.37 Å². The highest BCUT2D eigenvalue weighted by atomic mass is 35.5. The van der Waals surface area contributed by atoms with Crippen LogP contribution in [0.1, 0.15) is 17.7 Å². The van der Waals surface area contributed by atoms with Gasteiger partial charge in [-0.2, -0.15) is 4.37 Å². The van der Waals surface area contributed by atoms with Gasteiger partial charge in [-0.1, -0.05) is 0 Å². The Labute approximate surface area is 73.0 Å². The molecule has 1 heterocycles. The summed E-state index contributed by atoms with van der Waals surface area (Å²) >= 11 is 1.01. The van der Waals surface area contributed by atoms with E-state index in [9.17, 15) is 8.78 Å². The van der Waals surface area contributed by atoms with Crippen LogP contribution < -0.4 is 5.73 Å². The minimum Gasteiger partial charge on any atom is -0.326 e. The largest absolute Gasteiger partial charge is 0.326 e. The molecule has 2 nitrogen and oxygen atoms in total. The number of aromatic nitrogens is 1. The summed E-state index contributed by atoms with van der Waals surface area (Å²) in [6, 6.07) is 0. The van der Waals surface area contributed by atoms with Crippen molar-refractivity contribution in [2.24, 2.45) is 5.73 Å². The van der Waals surface area contributed by atoms with E-state index in [2.05, 4.69) is 4.37 Å². The van der Waals surface area contributed by atoms with Crippen LogP contribution in [0.3, 0.4) is 0 Å². The van der Waals surface area contributed by atoms with Crippen molar-refractivity contribution in [3.63, 3.8) is 0 Å². The van der Waals surface area contributed by atoms with Crippen molar-refractivity contribution in [2.45, 2.75) is 13.0 Å². The van der Waals surface area contributed by atoms with Gasteiger partial charge in [0.2, 0.25) is 0 Å². The van der Waals surface area contributed by atoms with Crippen molar-refractivity contribution < 1.29 is 8.78 Å². The van der Waals surface area contributed by atoms with Crippen LogP contribution in [-0.4, -0.2) is 4.37 Å². The molecular formula is C5H7ClF2N2S. The van der Waals surface area contributed by atoms with E-state index in [0.717, 1.165) is 11.5 Å². The molecule has 0 bridgehead atoms. The molecule has 0 aliphatic carbocycles. The van der Waals surface area contributed by atoms with E-state index in [1.807, 2.05) is 0 Å². The van der Waals surface area contributed by atoms with E-state index in [4.69, 9.17) is 5.73 Å². The first-order valence-electron chi connectivity index (χ1n) is 2.67. The Morgan fingerprint density at radius 2 is 2.27 bits per heavy atom. The maximum absolute atomic E-state index is 11.9. The van der Waals surface area contributed by atoms with Crippen molar-refractivity contribution in [1.29, 1.82) is 0 Å². The summed E-state index contributed by atoms with van der Waals surface area (Å²) in [6.07, 6.45) is -2.50. The lowest BCUT2D eigenvalue weighted by Crippen LogP contribution is -1.99. The minimum absolute atomic E-state index is 0. The van der Waals surface area contributed by atoms with Crippen molar-refractivity contribution in [3.05, 3.63) is 16.6 Å². The molecule has 0 spiro atoms. The number of nitrogens with two attached hydrogens (primary N) is 1. The zero-order valence-corrected chi connectivity index (χ0v) is 7.09. The van der Waals surface area contributed by atoms with E-state index in [1.165, 1.54) is 0 Å². The van der Waals surface area contributed by atoms with Gasteiger partial charge < -0.3 is 5.73 Å². The zero-order valence-electron chi connectivity index (χ0n) is 5.46. The third-order valence-corrected chi connectivity index (χ3v) is 1.79. The topological polar surface area (TPSA) is 38.9 Å². The highest BCUT2D eigenvalue weighted by Gasteiger charge is 2.14. The average molecular weight is 201 g/mol. The summed E-state index contributed by atoms with van der Waals surface area (Å²) in [5, 5.41) is 1.54. The summed E-state index contributed by atoms with van der Waals surface area (Å²) in [4.78, 5) is 0. The normalized spacial score (nSPS) is 9.82. The van der Waals surface area contributed by atoms with E-state index >= 15 is 0 Å². The van der Waals surface area contributed by atoms with Crippen molar-refractivity contribution in [3.8, 4) is 0 Å². The second-order valence-electron chi connectivity index (χ2n) is 1.73. The second-order valence-corrected chi connectivity index (χ2v) is 2.36. The monoisotopic (exact) mass is 200 g/mol. The fourth-order valence-corrected chi connectivity index (χ4v) is 1.31. The highest BCUT2D eigenvalue weighted by Crippen LogP contribution is 2.22. The number of nitrogens with zero attached hydrogens (tertiary/aromatic N) is 1. The Morgan fingerprint density at radius 3 is 2.64 bits per heavy atom. The fourth-order valence-electron chi connectivity index (χ4n) is 0.598. The van der Waals surface area contributed by atoms with Crippen LogP contribution in [0.5, 0.6) is 0 Å². The van der Waals surface area contributed by atoms with Crippen LogP contribution in [0, 0.1) is 0 Å². The Bertz CT molecular complexity index is 216. The predicted octanol–water partition coefficient (Wildman–Crippen LogP) is 1.96. The van der Waals surface area contributed by atoms with Gasteiger partial charge in [-0.05, 0) is 11.5 Å². The molecule has 0 unspecified atom stereocenters. The van der Waals surface area contributed by atoms with Crippen molar-refractivity contribution >= 4 is 23.9 Å². The Morgan fingerprint density at radius 1 is 1.64 bits per heavy atom. The average Bonchev–Trinajstić information content (AvgIpc) is 2.33. The lowest BCUT2D eigenvalue weighted by Gasteiger charge is -1.95. The van der Waals surface area contributed by atoms with Gasteiger partial charge in [0, 0.05) is 17.5 Å². The van der Waals surface area contributed by atoms with Gasteiger partial charge in [0.25, 0.3) is 6.43 Å². The van der Waals surface area contributed by atoms with Crippen LogP contribution in [0.15, 0.2) is 5.38 Å². The summed E-state index contributed by atoms with van der Waals surface area (Å²) in [5.41, 5.74) is 5.44. The number of halogens is 3. The van der Waals surface area contributed by atoms with E-state index in [0.29, 0.717) is 5.56 Å². The molecule has 11 heavy (non-hydrogen) atoms. The summed E-state index contributed by atoms with van der Waals surface area (Å²) in [6.45, 7) is 0.135. The Hall–Kier alpha value is -0.260. The molecule has 1 rings (SSSR count). The standard InChI is InChI=1S/C5H6F2N2S.ClH/c6-5(7)4-3(1-8)2-10-9-4;/h2,5H,1,8H2;1H. The molecule has 0 fully saturated rings. The van der Waals surface area contributed by atoms with Crippen LogP contribution in [0.25, 0.3) is 0 Å². The molecule has 1 aromatic heterocycles. The second kappa shape index (κ2) is 4.58. The molecule has 64 valence electrons. The van der Waals surface area contributed by atoms with Crippen LogP contribution in [-0.2, 0) is 6.54 Å². The third kappa shape index (κ3) is 2.36. The molecule has 0 saturated carbocycles. The predicted molar refractivity (Wildman–Crippen MR) is 42.2 cm³/mol. The quantitative estimate of drug-likeness (QED) is 0.793. The number of alkyl halides is 2. The van der Waals surface area contributed by atoms with Gasteiger partial charge in [-0.3, -0.25) is 0 Å².